The minimum atomic E-state index is -2.91. The Morgan fingerprint density at radius 2 is 1.96 bits per heavy atom. The summed E-state index contributed by atoms with van der Waals surface area (Å²) in [6, 6.07) is 5.15. The largest absolute Gasteiger partial charge is 0.367 e. The molecule has 26 heavy (non-hydrogen) atoms. The van der Waals surface area contributed by atoms with Crippen LogP contribution < -0.4 is 5.32 Å². The van der Waals surface area contributed by atoms with E-state index >= 15 is 0 Å². The van der Waals surface area contributed by atoms with Gasteiger partial charge in [0.2, 0.25) is 0 Å². The first-order valence-electron chi connectivity index (χ1n) is 8.60. The number of aromatic nitrogens is 1. The third kappa shape index (κ3) is 3.48. The summed E-state index contributed by atoms with van der Waals surface area (Å²) in [7, 11) is 0. The molecule has 4 rings (SSSR count). The molecule has 8 heteroatoms. The summed E-state index contributed by atoms with van der Waals surface area (Å²) in [5, 5.41) is 7.70. The lowest BCUT2D eigenvalue weighted by molar-refractivity contribution is -0.153. The van der Waals surface area contributed by atoms with Gasteiger partial charge in [0.05, 0.1) is 23.2 Å². The molecule has 1 aromatic heterocycles. The molecule has 2 heterocycles. The highest BCUT2D eigenvalue weighted by Gasteiger charge is 2.43. The molecule has 140 valence electrons. The molecule has 0 bridgehead atoms. The first kappa shape index (κ1) is 18.2. The number of hydrogen-bond donors (Lipinski definition) is 1. The quantitative estimate of drug-likeness (QED) is 0.760. The smallest absolute Gasteiger partial charge is 0.285 e. The van der Waals surface area contributed by atoms with E-state index in [1.807, 2.05) is 0 Å². The number of alkyl halides is 2. The summed E-state index contributed by atoms with van der Waals surface area (Å²) in [5.41, 5.74) is 1.68. The van der Waals surface area contributed by atoms with E-state index in [0.29, 0.717) is 39.2 Å². The zero-order valence-electron chi connectivity index (χ0n) is 13.9. The molecule has 1 aliphatic heterocycles. The Morgan fingerprint density at radius 1 is 1.23 bits per heavy atom. The zero-order chi connectivity index (χ0) is 18.3. The summed E-state index contributed by atoms with van der Waals surface area (Å²) in [4.78, 5) is 0. The molecule has 1 saturated heterocycles. The predicted molar refractivity (Wildman–Crippen MR) is 94.9 cm³/mol. The highest BCUT2D eigenvalue weighted by Crippen LogP contribution is 2.46. The van der Waals surface area contributed by atoms with Crippen LogP contribution in [-0.2, 0) is 11.3 Å². The van der Waals surface area contributed by atoms with Crippen LogP contribution in [0, 0.1) is 0 Å². The summed E-state index contributed by atoms with van der Waals surface area (Å²) in [6.07, 6.45) is 1.09. The highest BCUT2D eigenvalue weighted by molar-refractivity contribution is 6.39. The normalized spacial score (nSPS) is 22.5. The van der Waals surface area contributed by atoms with Crippen molar-refractivity contribution in [2.24, 2.45) is 0 Å². The Hall–Kier alpha value is -1.21. The molecule has 1 unspecified atom stereocenters. The molecule has 0 amide bonds. The van der Waals surface area contributed by atoms with Gasteiger partial charge in [-0.2, -0.15) is 0 Å². The van der Waals surface area contributed by atoms with Gasteiger partial charge in [0.25, 0.3) is 5.92 Å². The van der Waals surface area contributed by atoms with Crippen molar-refractivity contribution in [3.8, 4) is 11.3 Å². The van der Waals surface area contributed by atoms with Crippen LogP contribution >= 0.6 is 23.2 Å². The molecule has 1 aromatic carbocycles. The Bertz CT molecular complexity index is 788. The third-order valence-electron chi connectivity index (χ3n) is 4.81. The van der Waals surface area contributed by atoms with Crippen molar-refractivity contribution in [2.75, 3.05) is 13.1 Å². The van der Waals surface area contributed by atoms with Crippen LogP contribution in [0.5, 0.6) is 0 Å². The van der Waals surface area contributed by atoms with E-state index < -0.39 is 12.0 Å². The number of benzene rings is 1. The van der Waals surface area contributed by atoms with Gasteiger partial charge in [0.1, 0.15) is 17.6 Å². The highest BCUT2D eigenvalue weighted by atomic mass is 35.5. The second kappa shape index (κ2) is 7.08. The number of ether oxygens (including phenoxy) is 1. The average Bonchev–Trinajstić information content (AvgIpc) is 3.35. The SMILES string of the molecule is FC1(F)CNCCC1OCc1c(-c2c(Cl)cccc2Cl)noc1C1CC1. The maximum absolute atomic E-state index is 14.1. The lowest BCUT2D eigenvalue weighted by atomic mass is 10.0. The van der Waals surface area contributed by atoms with E-state index in [9.17, 15) is 8.78 Å². The topological polar surface area (TPSA) is 47.3 Å². The fraction of sp³-hybridized carbons (Fsp3) is 0.500. The maximum Gasteiger partial charge on any atom is 0.285 e. The van der Waals surface area contributed by atoms with Crippen molar-refractivity contribution < 1.29 is 18.0 Å². The van der Waals surface area contributed by atoms with E-state index in [0.717, 1.165) is 12.8 Å². The Balaban J connectivity index is 1.65. The monoisotopic (exact) mass is 402 g/mol. The second-order valence-corrected chi connectivity index (χ2v) is 7.59. The van der Waals surface area contributed by atoms with Crippen molar-refractivity contribution in [1.29, 1.82) is 0 Å². The standard InChI is InChI=1S/C18H18Cl2F2N2O2/c19-12-2-1-3-13(20)15(12)16-11(17(26-24-16)10-4-5-10)8-25-14-6-7-23-9-18(14,21)22/h1-3,10,14,23H,4-9H2. The van der Waals surface area contributed by atoms with Crippen LogP contribution in [0.4, 0.5) is 8.78 Å². The molecule has 1 atom stereocenters. The van der Waals surface area contributed by atoms with E-state index in [-0.39, 0.29) is 25.5 Å². The van der Waals surface area contributed by atoms with Crippen LogP contribution in [0.2, 0.25) is 10.0 Å². The van der Waals surface area contributed by atoms with Crippen LogP contribution in [0.1, 0.15) is 36.5 Å². The lowest BCUT2D eigenvalue weighted by Gasteiger charge is -2.31. The van der Waals surface area contributed by atoms with Crippen molar-refractivity contribution in [3.05, 3.63) is 39.6 Å². The molecule has 1 N–H and O–H groups in total. The summed E-state index contributed by atoms with van der Waals surface area (Å²) in [6.45, 7) is 0.120. The van der Waals surface area contributed by atoms with E-state index in [2.05, 4.69) is 10.5 Å². The number of rotatable bonds is 5. The predicted octanol–water partition coefficient (Wildman–Crippen LogP) is 5.04. The van der Waals surface area contributed by atoms with Crippen LogP contribution in [0.3, 0.4) is 0 Å². The van der Waals surface area contributed by atoms with Gasteiger partial charge in [0, 0.05) is 17.0 Å². The molecule has 1 aliphatic carbocycles. The van der Waals surface area contributed by atoms with Gasteiger partial charge in [-0.25, -0.2) is 8.78 Å². The first-order valence-corrected chi connectivity index (χ1v) is 9.36. The van der Waals surface area contributed by atoms with E-state index in [1.165, 1.54) is 0 Å². The molecule has 0 spiro atoms. The Labute approximate surface area is 159 Å². The minimum Gasteiger partial charge on any atom is -0.367 e. The number of nitrogens with zero attached hydrogens (tertiary/aromatic N) is 1. The van der Waals surface area contributed by atoms with Crippen molar-refractivity contribution >= 4 is 23.2 Å². The van der Waals surface area contributed by atoms with E-state index in [4.69, 9.17) is 32.5 Å². The number of hydrogen-bond acceptors (Lipinski definition) is 4. The molecule has 2 aliphatic rings. The lowest BCUT2D eigenvalue weighted by Crippen LogP contribution is -2.50. The van der Waals surface area contributed by atoms with Crippen molar-refractivity contribution in [2.45, 2.75) is 43.8 Å². The van der Waals surface area contributed by atoms with Gasteiger partial charge in [-0.05, 0) is 37.9 Å². The molecular weight excluding hydrogens is 385 g/mol. The average molecular weight is 403 g/mol. The molecule has 4 nitrogen and oxygen atoms in total. The maximum atomic E-state index is 14.1. The van der Waals surface area contributed by atoms with Gasteiger partial charge in [-0.15, -0.1) is 0 Å². The van der Waals surface area contributed by atoms with Crippen LogP contribution in [0.25, 0.3) is 11.3 Å². The van der Waals surface area contributed by atoms with Gasteiger partial charge >= 0.3 is 0 Å². The summed E-state index contributed by atoms with van der Waals surface area (Å²) in [5.74, 6) is -1.96. The molecule has 0 radical (unpaired) electrons. The van der Waals surface area contributed by atoms with Crippen molar-refractivity contribution in [1.82, 2.24) is 10.5 Å². The molecule has 2 fully saturated rings. The van der Waals surface area contributed by atoms with Crippen molar-refractivity contribution in [3.63, 3.8) is 0 Å². The number of piperidine rings is 1. The fourth-order valence-electron chi connectivity index (χ4n) is 3.25. The van der Waals surface area contributed by atoms with Gasteiger partial charge in [-0.1, -0.05) is 34.4 Å². The molecule has 2 aromatic rings. The third-order valence-corrected chi connectivity index (χ3v) is 5.44. The Kier molecular flexibility index (Phi) is 4.94. The van der Waals surface area contributed by atoms with Crippen LogP contribution in [-0.4, -0.2) is 30.3 Å². The van der Waals surface area contributed by atoms with E-state index in [1.54, 1.807) is 18.2 Å². The molecule has 1 saturated carbocycles. The fourth-order valence-corrected chi connectivity index (χ4v) is 3.83. The van der Waals surface area contributed by atoms with Crippen LogP contribution in [0.15, 0.2) is 22.7 Å². The molecular formula is C18H18Cl2F2N2O2. The first-order chi connectivity index (χ1) is 12.5. The summed E-state index contributed by atoms with van der Waals surface area (Å²) >= 11 is 12.6. The number of nitrogens with one attached hydrogen (secondary N) is 1. The number of halogens is 4. The summed E-state index contributed by atoms with van der Waals surface area (Å²) < 4.78 is 39.3. The van der Waals surface area contributed by atoms with Gasteiger partial charge < -0.3 is 14.6 Å². The minimum absolute atomic E-state index is 0.00746. The zero-order valence-corrected chi connectivity index (χ0v) is 15.4. The van der Waals surface area contributed by atoms with Gasteiger partial charge in [-0.3, -0.25) is 0 Å². The Morgan fingerprint density at radius 3 is 2.62 bits per heavy atom. The van der Waals surface area contributed by atoms with Gasteiger partial charge in [0.15, 0.2) is 0 Å². The second-order valence-electron chi connectivity index (χ2n) is 6.77.